The normalized spacial score (nSPS) is 10.9. The average molecular weight is 392 g/mol. The Labute approximate surface area is 166 Å². The number of ether oxygens (including phenoxy) is 1. The van der Waals surface area contributed by atoms with Crippen LogP contribution in [0.2, 0.25) is 0 Å². The molecule has 2 aromatic carbocycles. The van der Waals surface area contributed by atoms with Crippen LogP contribution in [0.15, 0.2) is 60.9 Å². The molecule has 4 aromatic rings. The van der Waals surface area contributed by atoms with Crippen molar-refractivity contribution < 1.29 is 13.5 Å². The summed E-state index contributed by atoms with van der Waals surface area (Å²) in [6.45, 7) is -0.742. The number of nitrogens with one attached hydrogen (secondary N) is 1. The standard InChI is InChI=1S/C22H18F2N4O/c1-25-22-18-11-16(14-4-2-6-17(24)10-14)12-19(29-9-7-23)20(18)27-21(28-22)15-5-3-8-26-13-15/h2-6,8,10-13H,7,9H2,1H3,(H,25,27,28). The molecule has 0 bridgehead atoms. The number of benzene rings is 2. The van der Waals surface area contributed by atoms with Gasteiger partial charge in [-0.05, 0) is 47.5 Å². The van der Waals surface area contributed by atoms with E-state index >= 15 is 0 Å². The van der Waals surface area contributed by atoms with Crippen LogP contribution in [-0.4, -0.2) is 35.3 Å². The number of halogens is 2. The van der Waals surface area contributed by atoms with Crippen molar-refractivity contribution in [2.75, 3.05) is 25.6 Å². The van der Waals surface area contributed by atoms with E-state index in [9.17, 15) is 8.78 Å². The van der Waals surface area contributed by atoms with E-state index < -0.39 is 6.67 Å². The van der Waals surface area contributed by atoms with Crippen molar-refractivity contribution in [3.8, 4) is 28.3 Å². The number of hydrogen-bond acceptors (Lipinski definition) is 5. The van der Waals surface area contributed by atoms with Crippen LogP contribution in [-0.2, 0) is 0 Å². The molecule has 0 spiro atoms. The lowest BCUT2D eigenvalue weighted by atomic mass is 10.0. The first kappa shape index (κ1) is 18.7. The van der Waals surface area contributed by atoms with E-state index in [0.717, 1.165) is 11.1 Å². The third kappa shape index (κ3) is 3.85. The zero-order chi connectivity index (χ0) is 20.2. The molecule has 5 nitrogen and oxygen atoms in total. The van der Waals surface area contributed by atoms with Crippen molar-refractivity contribution in [2.45, 2.75) is 0 Å². The Morgan fingerprint density at radius 1 is 1.00 bits per heavy atom. The SMILES string of the molecule is CNc1nc(-c2cccnc2)nc2c(OCCF)cc(-c3cccc(F)c3)cc12. The Morgan fingerprint density at radius 2 is 1.86 bits per heavy atom. The van der Waals surface area contributed by atoms with E-state index in [1.165, 1.54) is 12.1 Å². The number of pyridine rings is 1. The van der Waals surface area contributed by atoms with Gasteiger partial charge in [-0.25, -0.2) is 18.7 Å². The predicted octanol–water partition coefficient (Wildman–Crippen LogP) is 4.89. The number of fused-ring (bicyclic) bond motifs is 1. The molecule has 0 aliphatic carbocycles. The number of rotatable bonds is 6. The first-order valence-corrected chi connectivity index (χ1v) is 9.08. The molecule has 0 atom stereocenters. The number of aromatic nitrogens is 3. The smallest absolute Gasteiger partial charge is 0.163 e. The van der Waals surface area contributed by atoms with E-state index in [0.29, 0.717) is 33.9 Å². The number of nitrogens with zero attached hydrogens (tertiary/aromatic N) is 3. The van der Waals surface area contributed by atoms with Crippen LogP contribution in [0.3, 0.4) is 0 Å². The van der Waals surface area contributed by atoms with Crippen LogP contribution in [0, 0.1) is 5.82 Å². The molecule has 0 aliphatic heterocycles. The molecule has 2 aromatic heterocycles. The van der Waals surface area contributed by atoms with Gasteiger partial charge < -0.3 is 10.1 Å². The molecule has 146 valence electrons. The van der Waals surface area contributed by atoms with Gasteiger partial charge in [-0.2, -0.15) is 0 Å². The average Bonchev–Trinajstić information content (AvgIpc) is 2.77. The van der Waals surface area contributed by atoms with Crippen molar-refractivity contribution in [3.05, 3.63) is 66.7 Å². The molecule has 0 amide bonds. The Kier molecular flexibility index (Phi) is 5.29. The largest absolute Gasteiger partial charge is 0.489 e. The van der Waals surface area contributed by atoms with E-state index in [1.807, 2.05) is 12.1 Å². The Hall–Kier alpha value is -3.61. The molecule has 2 heterocycles. The van der Waals surface area contributed by atoms with Crippen molar-refractivity contribution >= 4 is 16.7 Å². The van der Waals surface area contributed by atoms with Gasteiger partial charge in [-0.15, -0.1) is 0 Å². The lowest BCUT2D eigenvalue weighted by Crippen LogP contribution is -2.04. The molecule has 0 saturated carbocycles. The molecule has 0 radical (unpaired) electrons. The van der Waals surface area contributed by atoms with Crippen LogP contribution in [0.25, 0.3) is 33.4 Å². The van der Waals surface area contributed by atoms with Crippen molar-refractivity contribution in [1.29, 1.82) is 0 Å². The minimum atomic E-state index is -0.634. The van der Waals surface area contributed by atoms with Crippen LogP contribution < -0.4 is 10.1 Å². The topological polar surface area (TPSA) is 59.9 Å². The number of hydrogen-bond donors (Lipinski definition) is 1. The summed E-state index contributed by atoms with van der Waals surface area (Å²) in [6, 6.07) is 13.5. The van der Waals surface area contributed by atoms with Gasteiger partial charge in [0.05, 0.1) is 0 Å². The van der Waals surface area contributed by atoms with Crippen molar-refractivity contribution in [3.63, 3.8) is 0 Å². The van der Waals surface area contributed by atoms with Gasteiger partial charge in [0.2, 0.25) is 0 Å². The second-order valence-electron chi connectivity index (χ2n) is 6.31. The maximum Gasteiger partial charge on any atom is 0.163 e. The third-order valence-corrected chi connectivity index (χ3v) is 4.41. The zero-order valence-electron chi connectivity index (χ0n) is 15.7. The van der Waals surface area contributed by atoms with Gasteiger partial charge in [0.15, 0.2) is 5.82 Å². The summed E-state index contributed by atoms with van der Waals surface area (Å²) < 4.78 is 32.2. The summed E-state index contributed by atoms with van der Waals surface area (Å²) in [4.78, 5) is 13.4. The highest BCUT2D eigenvalue weighted by Crippen LogP contribution is 2.36. The highest BCUT2D eigenvalue weighted by atomic mass is 19.1. The fourth-order valence-corrected chi connectivity index (χ4v) is 3.11. The second kappa shape index (κ2) is 8.18. The molecule has 4 rings (SSSR count). The summed E-state index contributed by atoms with van der Waals surface area (Å²) in [6.07, 6.45) is 3.34. The molecule has 0 unspecified atom stereocenters. The summed E-state index contributed by atoms with van der Waals surface area (Å²) in [5.41, 5.74) is 2.68. The van der Waals surface area contributed by atoms with Crippen LogP contribution in [0.1, 0.15) is 0 Å². The summed E-state index contributed by atoms with van der Waals surface area (Å²) in [5, 5.41) is 3.77. The van der Waals surface area contributed by atoms with Crippen molar-refractivity contribution in [2.24, 2.45) is 0 Å². The van der Waals surface area contributed by atoms with Crippen LogP contribution >= 0.6 is 0 Å². The number of alkyl halides is 1. The fraction of sp³-hybridized carbons (Fsp3) is 0.136. The van der Waals surface area contributed by atoms with Gasteiger partial charge in [-0.1, -0.05) is 12.1 Å². The van der Waals surface area contributed by atoms with Crippen molar-refractivity contribution in [1.82, 2.24) is 15.0 Å². The van der Waals surface area contributed by atoms with Gasteiger partial charge >= 0.3 is 0 Å². The second-order valence-corrected chi connectivity index (χ2v) is 6.31. The highest BCUT2D eigenvalue weighted by Gasteiger charge is 2.16. The molecule has 0 fully saturated rings. The molecule has 1 N–H and O–H groups in total. The summed E-state index contributed by atoms with van der Waals surface area (Å²) in [5.74, 6) is 1.12. The highest BCUT2D eigenvalue weighted by molar-refractivity contribution is 5.97. The lowest BCUT2D eigenvalue weighted by molar-refractivity contribution is 0.275. The van der Waals surface area contributed by atoms with E-state index in [1.54, 1.807) is 43.7 Å². The van der Waals surface area contributed by atoms with Crippen LogP contribution in [0.5, 0.6) is 5.75 Å². The zero-order valence-corrected chi connectivity index (χ0v) is 15.7. The Bertz CT molecular complexity index is 1150. The Morgan fingerprint density at radius 3 is 2.59 bits per heavy atom. The van der Waals surface area contributed by atoms with E-state index in [4.69, 9.17) is 4.74 Å². The third-order valence-electron chi connectivity index (χ3n) is 4.41. The molecular weight excluding hydrogens is 374 g/mol. The number of anilines is 1. The van der Waals surface area contributed by atoms with Gasteiger partial charge in [-0.3, -0.25) is 4.98 Å². The molecule has 0 saturated heterocycles. The summed E-state index contributed by atoms with van der Waals surface area (Å²) >= 11 is 0. The monoisotopic (exact) mass is 392 g/mol. The van der Waals surface area contributed by atoms with E-state index in [-0.39, 0.29) is 12.4 Å². The maximum atomic E-state index is 13.7. The molecular formula is C22H18F2N4O. The minimum absolute atomic E-state index is 0.108. The maximum absolute atomic E-state index is 13.7. The van der Waals surface area contributed by atoms with Crippen LogP contribution in [0.4, 0.5) is 14.6 Å². The van der Waals surface area contributed by atoms with Gasteiger partial charge in [0.1, 0.15) is 36.2 Å². The molecule has 0 aliphatic rings. The molecule has 29 heavy (non-hydrogen) atoms. The Balaban J connectivity index is 1.96. The van der Waals surface area contributed by atoms with Gasteiger partial charge in [0, 0.05) is 30.4 Å². The molecule has 7 heteroatoms. The predicted molar refractivity (Wildman–Crippen MR) is 109 cm³/mol. The first-order valence-electron chi connectivity index (χ1n) is 9.08. The quantitative estimate of drug-likeness (QED) is 0.506. The fourth-order valence-electron chi connectivity index (χ4n) is 3.11. The van der Waals surface area contributed by atoms with Gasteiger partial charge in [0.25, 0.3) is 0 Å². The summed E-state index contributed by atoms with van der Waals surface area (Å²) in [7, 11) is 1.76. The first-order chi connectivity index (χ1) is 14.2. The lowest BCUT2D eigenvalue weighted by Gasteiger charge is -2.14. The van der Waals surface area contributed by atoms with E-state index in [2.05, 4.69) is 20.3 Å². The minimum Gasteiger partial charge on any atom is -0.489 e.